The van der Waals surface area contributed by atoms with Crippen molar-refractivity contribution in [3.8, 4) is 22.8 Å². The van der Waals surface area contributed by atoms with E-state index in [-0.39, 0.29) is 11.7 Å². The van der Waals surface area contributed by atoms with Crippen LogP contribution in [0.5, 0.6) is 11.5 Å². The molecule has 9 heteroatoms. The highest BCUT2D eigenvalue weighted by Crippen LogP contribution is 2.32. The average Bonchev–Trinajstić information content (AvgIpc) is 2.82. The van der Waals surface area contributed by atoms with Crippen LogP contribution in [0.1, 0.15) is 10.4 Å². The van der Waals surface area contributed by atoms with Crippen molar-refractivity contribution in [2.75, 3.05) is 32.4 Å². The lowest BCUT2D eigenvalue weighted by Crippen LogP contribution is -2.14. The number of hydrogen-bond donors (Lipinski definition) is 1. The Morgan fingerprint density at radius 3 is 2.32 bits per heavy atom. The molecule has 0 radical (unpaired) electrons. The summed E-state index contributed by atoms with van der Waals surface area (Å²) in [4.78, 5) is 23.6. The molecule has 160 valence electrons. The van der Waals surface area contributed by atoms with Crippen molar-refractivity contribution in [1.29, 1.82) is 0 Å². The Morgan fingerprint density at radius 2 is 1.71 bits per heavy atom. The quantitative estimate of drug-likeness (QED) is 0.419. The number of aromatic nitrogens is 2. The van der Waals surface area contributed by atoms with Gasteiger partial charge in [0.1, 0.15) is 16.5 Å². The Balaban J connectivity index is 1.58. The van der Waals surface area contributed by atoms with Crippen LogP contribution < -0.4 is 14.8 Å². The molecule has 0 aliphatic heterocycles. The minimum absolute atomic E-state index is 0.165. The number of hydrogen-bond acceptors (Lipinski definition) is 8. The smallest absolute Gasteiger partial charge is 0.337 e. The minimum Gasteiger partial charge on any atom is -0.497 e. The Kier molecular flexibility index (Phi) is 7.45. The van der Waals surface area contributed by atoms with E-state index in [0.717, 1.165) is 5.56 Å². The Bertz CT molecular complexity index is 1060. The zero-order valence-electron chi connectivity index (χ0n) is 17.2. The minimum atomic E-state index is -0.428. The maximum Gasteiger partial charge on any atom is 0.337 e. The topological polar surface area (TPSA) is 99.6 Å². The molecule has 8 nitrogen and oxygen atoms in total. The van der Waals surface area contributed by atoms with Gasteiger partial charge in [-0.05, 0) is 48.5 Å². The third kappa shape index (κ3) is 5.73. The van der Waals surface area contributed by atoms with Gasteiger partial charge in [-0.1, -0.05) is 11.8 Å². The fourth-order valence-electron chi connectivity index (χ4n) is 2.69. The van der Waals surface area contributed by atoms with Gasteiger partial charge in [0.2, 0.25) is 5.91 Å². The van der Waals surface area contributed by atoms with E-state index in [9.17, 15) is 9.59 Å². The predicted octanol–water partition coefficient (Wildman–Crippen LogP) is 3.68. The first-order valence-corrected chi connectivity index (χ1v) is 10.2. The van der Waals surface area contributed by atoms with Crippen LogP contribution in [-0.2, 0) is 9.53 Å². The van der Waals surface area contributed by atoms with Crippen LogP contribution in [0.2, 0.25) is 0 Å². The van der Waals surface area contributed by atoms with Gasteiger partial charge in [-0.2, -0.15) is 0 Å². The molecule has 0 bridgehead atoms. The molecule has 0 aliphatic rings. The molecule has 0 aliphatic carbocycles. The Labute approximate surface area is 183 Å². The van der Waals surface area contributed by atoms with E-state index >= 15 is 0 Å². The number of amides is 1. The standard InChI is InChI=1S/C22H21N3O5S/c1-28-16-8-9-17(19(12-16)29-2)18-10-11-21(25-24-18)31-13-20(26)23-15-6-4-14(5-7-15)22(27)30-3/h4-12H,13H2,1-3H3,(H,23,26). The molecule has 31 heavy (non-hydrogen) atoms. The number of anilines is 1. The first-order chi connectivity index (χ1) is 15.0. The number of rotatable bonds is 8. The largest absolute Gasteiger partial charge is 0.497 e. The van der Waals surface area contributed by atoms with Gasteiger partial charge in [0.05, 0.1) is 38.3 Å². The molecule has 0 fully saturated rings. The van der Waals surface area contributed by atoms with Crippen molar-refractivity contribution in [3.63, 3.8) is 0 Å². The van der Waals surface area contributed by atoms with Crippen molar-refractivity contribution in [2.24, 2.45) is 0 Å². The van der Waals surface area contributed by atoms with Gasteiger partial charge >= 0.3 is 5.97 Å². The number of nitrogens with one attached hydrogen (secondary N) is 1. The number of methoxy groups -OCH3 is 3. The Hall–Kier alpha value is -3.59. The summed E-state index contributed by atoms with van der Waals surface area (Å²) in [5.41, 5.74) is 2.45. The number of carbonyl (C=O) groups is 2. The molecule has 0 spiro atoms. The van der Waals surface area contributed by atoms with E-state index in [1.807, 2.05) is 18.2 Å². The molecule has 3 aromatic rings. The first-order valence-electron chi connectivity index (χ1n) is 9.21. The summed E-state index contributed by atoms with van der Waals surface area (Å²) < 4.78 is 15.3. The normalized spacial score (nSPS) is 10.3. The van der Waals surface area contributed by atoms with Gasteiger partial charge in [0, 0.05) is 17.3 Å². The van der Waals surface area contributed by atoms with Gasteiger partial charge in [0.25, 0.3) is 0 Å². The van der Waals surface area contributed by atoms with E-state index in [4.69, 9.17) is 9.47 Å². The highest BCUT2D eigenvalue weighted by molar-refractivity contribution is 7.99. The van der Waals surface area contributed by atoms with Crippen LogP contribution >= 0.6 is 11.8 Å². The molecule has 0 atom stereocenters. The lowest BCUT2D eigenvalue weighted by atomic mass is 10.1. The summed E-state index contributed by atoms with van der Waals surface area (Å²) in [6.07, 6.45) is 0. The first kappa shape index (κ1) is 22.1. The van der Waals surface area contributed by atoms with Crippen LogP contribution in [0, 0.1) is 0 Å². The molecule has 1 amide bonds. The predicted molar refractivity (Wildman–Crippen MR) is 118 cm³/mol. The highest BCUT2D eigenvalue weighted by atomic mass is 32.2. The molecule has 2 aromatic carbocycles. The highest BCUT2D eigenvalue weighted by Gasteiger charge is 2.11. The lowest BCUT2D eigenvalue weighted by molar-refractivity contribution is -0.113. The molecule has 1 heterocycles. The van der Waals surface area contributed by atoms with Crippen molar-refractivity contribution in [1.82, 2.24) is 10.2 Å². The molecular formula is C22H21N3O5S. The fourth-order valence-corrected chi connectivity index (χ4v) is 3.31. The molecular weight excluding hydrogens is 418 g/mol. The van der Waals surface area contributed by atoms with E-state index in [1.54, 1.807) is 50.6 Å². The van der Waals surface area contributed by atoms with E-state index in [1.165, 1.54) is 18.9 Å². The maximum absolute atomic E-state index is 12.2. The molecule has 3 rings (SSSR count). The van der Waals surface area contributed by atoms with Crippen molar-refractivity contribution in [2.45, 2.75) is 5.03 Å². The second-order valence-electron chi connectivity index (χ2n) is 6.23. The van der Waals surface area contributed by atoms with Crippen molar-refractivity contribution >= 4 is 29.3 Å². The molecule has 0 saturated heterocycles. The van der Waals surface area contributed by atoms with Crippen LogP contribution in [0.3, 0.4) is 0 Å². The molecule has 1 aromatic heterocycles. The van der Waals surface area contributed by atoms with Gasteiger partial charge in [-0.3, -0.25) is 4.79 Å². The van der Waals surface area contributed by atoms with Crippen LogP contribution in [0.25, 0.3) is 11.3 Å². The summed E-state index contributed by atoms with van der Waals surface area (Å²) in [6, 6.07) is 15.5. The number of nitrogens with zero attached hydrogens (tertiary/aromatic N) is 2. The van der Waals surface area contributed by atoms with Crippen LogP contribution in [-0.4, -0.2) is 49.2 Å². The maximum atomic E-state index is 12.2. The zero-order valence-corrected chi connectivity index (χ0v) is 18.1. The number of benzene rings is 2. The number of ether oxygens (including phenoxy) is 3. The van der Waals surface area contributed by atoms with Gasteiger partial charge in [0.15, 0.2) is 0 Å². The molecule has 0 saturated carbocycles. The zero-order chi connectivity index (χ0) is 22.2. The van der Waals surface area contributed by atoms with Gasteiger partial charge in [-0.25, -0.2) is 4.79 Å². The number of esters is 1. The van der Waals surface area contributed by atoms with E-state index in [0.29, 0.717) is 33.5 Å². The summed E-state index contributed by atoms with van der Waals surface area (Å²) in [7, 11) is 4.49. The van der Waals surface area contributed by atoms with E-state index in [2.05, 4.69) is 20.3 Å². The Morgan fingerprint density at radius 1 is 0.935 bits per heavy atom. The average molecular weight is 439 g/mol. The summed E-state index contributed by atoms with van der Waals surface area (Å²) in [6.45, 7) is 0. The summed E-state index contributed by atoms with van der Waals surface area (Å²) in [5, 5.41) is 11.8. The molecule has 1 N–H and O–H groups in total. The third-order valence-electron chi connectivity index (χ3n) is 4.27. The lowest BCUT2D eigenvalue weighted by Gasteiger charge is -2.10. The molecule has 0 unspecified atom stereocenters. The second-order valence-corrected chi connectivity index (χ2v) is 7.22. The van der Waals surface area contributed by atoms with Crippen LogP contribution in [0.4, 0.5) is 5.69 Å². The van der Waals surface area contributed by atoms with E-state index < -0.39 is 5.97 Å². The van der Waals surface area contributed by atoms with Gasteiger partial charge < -0.3 is 19.5 Å². The SMILES string of the molecule is COC(=O)c1ccc(NC(=O)CSc2ccc(-c3ccc(OC)cc3OC)nn2)cc1. The van der Waals surface area contributed by atoms with Crippen molar-refractivity contribution < 1.29 is 23.8 Å². The fraction of sp³-hybridized carbons (Fsp3) is 0.182. The van der Waals surface area contributed by atoms with Gasteiger partial charge in [-0.15, -0.1) is 10.2 Å². The summed E-state index contributed by atoms with van der Waals surface area (Å²) in [5.74, 6) is 0.859. The number of thioether (sulfide) groups is 1. The van der Waals surface area contributed by atoms with Crippen LogP contribution in [0.15, 0.2) is 59.6 Å². The monoisotopic (exact) mass is 439 g/mol. The second kappa shape index (κ2) is 10.4. The number of carbonyl (C=O) groups excluding carboxylic acids is 2. The summed E-state index contributed by atoms with van der Waals surface area (Å²) >= 11 is 1.27. The third-order valence-corrected chi connectivity index (χ3v) is 5.19. The van der Waals surface area contributed by atoms with Crippen molar-refractivity contribution in [3.05, 3.63) is 60.2 Å².